The number of benzene rings is 5. The lowest BCUT2D eigenvalue weighted by molar-refractivity contribution is -0.683. The molecule has 6 aromatic rings. The van der Waals surface area contributed by atoms with Crippen molar-refractivity contribution in [3.8, 4) is 0 Å². The number of nitrogens with zero attached hydrogens (tertiary/aromatic N) is 1. The van der Waals surface area contributed by atoms with Crippen LogP contribution in [-0.2, 0) is 12.4 Å². The van der Waals surface area contributed by atoms with Crippen LogP contribution in [0.2, 0.25) is 0 Å². The van der Waals surface area contributed by atoms with E-state index in [-0.39, 0.29) is 5.78 Å². The molecule has 0 amide bonds. The molecule has 0 bridgehead atoms. The number of hydrogen-bond acceptors (Lipinski definition) is 1. The van der Waals surface area contributed by atoms with Crippen molar-refractivity contribution >= 4 is 45.4 Å². The number of carbonyl (C=O) groups is 1. The van der Waals surface area contributed by atoms with Gasteiger partial charge in [0, 0.05) is 23.6 Å². The highest BCUT2D eigenvalue weighted by atomic mass is 35.5. The van der Waals surface area contributed by atoms with Crippen molar-refractivity contribution in [2.45, 2.75) is 12.4 Å². The first kappa shape index (κ1) is 46.9. The minimum atomic E-state index is -7.22. The summed E-state index contributed by atoms with van der Waals surface area (Å²) in [4.78, 5) is 11.9. The van der Waals surface area contributed by atoms with Crippen LogP contribution in [0.3, 0.4) is 0 Å². The van der Waals surface area contributed by atoms with Gasteiger partial charge in [0.2, 0.25) is 12.3 Å². The lowest BCUT2D eigenvalue weighted by Gasteiger charge is -2.44. The fourth-order valence-electron chi connectivity index (χ4n) is 6.44. The summed E-state index contributed by atoms with van der Waals surface area (Å²) < 4.78 is 296. The zero-order chi connectivity index (χ0) is 46.4. The molecule has 24 heteroatoms. The van der Waals surface area contributed by atoms with Gasteiger partial charge >= 0.3 is 0 Å². The standard InChI is InChI=1S/C24BF20.C14H13ClNO/c26-5-1(6(27)14(35)21(42)13(5)34)25(2-7(28)15(36)22(43)16(37)8(2)29,3-9(30)17(38)23(44)18(39)10(3)31)4-11(32)19(40)24(45)20(41)12(4)33;15-10-12-6-8-16(9-7-12)11-14(17)13-4-2-1-3-5-13/h;1-9H,10-11H2/q-1;+1. The quantitative estimate of drug-likeness (QED) is 0.0286. The Kier molecular flexibility index (Phi) is 13.4. The van der Waals surface area contributed by atoms with Crippen LogP contribution in [0.25, 0.3) is 0 Å². The summed E-state index contributed by atoms with van der Waals surface area (Å²) in [6.45, 7) is 0.354. The molecular weight excluding hydrogens is 913 g/mol. The largest absolute Gasteiger partial charge is 0.287 e. The second kappa shape index (κ2) is 17.7. The van der Waals surface area contributed by atoms with Gasteiger partial charge in [-0.3, -0.25) is 4.79 Å². The number of pyridine rings is 1. The number of halogens is 21. The second-order valence-electron chi connectivity index (χ2n) is 12.6. The van der Waals surface area contributed by atoms with E-state index in [1.807, 2.05) is 59.4 Å². The van der Waals surface area contributed by atoms with Crippen LogP contribution in [0, 0.1) is 116 Å². The van der Waals surface area contributed by atoms with Gasteiger partial charge in [0.15, 0.2) is 82.2 Å². The molecule has 0 unspecified atom stereocenters. The number of aromatic nitrogens is 1. The van der Waals surface area contributed by atoms with Crippen LogP contribution >= 0.6 is 11.6 Å². The van der Waals surface area contributed by atoms with Crippen molar-refractivity contribution in [2.24, 2.45) is 0 Å². The third kappa shape index (κ3) is 7.48. The molecule has 0 atom stereocenters. The summed E-state index contributed by atoms with van der Waals surface area (Å²) in [6, 6.07) is 13.1. The number of Topliss-reactive ketones (excluding diaryl/α,β-unsaturated/α-hetero) is 1. The number of rotatable bonds is 8. The Hall–Kier alpha value is -6.13. The highest BCUT2D eigenvalue weighted by Crippen LogP contribution is 2.30. The minimum Gasteiger partial charge on any atom is -0.287 e. The van der Waals surface area contributed by atoms with Gasteiger partial charge in [0.05, 0.1) is 0 Å². The van der Waals surface area contributed by atoms with E-state index < -0.39 is 144 Å². The first-order valence-electron chi connectivity index (χ1n) is 16.4. The maximum absolute atomic E-state index is 15.4. The van der Waals surface area contributed by atoms with E-state index in [0.29, 0.717) is 12.4 Å². The first-order chi connectivity index (χ1) is 29.0. The zero-order valence-electron chi connectivity index (χ0n) is 29.5. The first-order valence-corrected chi connectivity index (χ1v) is 16.9. The molecular formula is C38H13BClF20NO. The number of hydrogen-bond donors (Lipinski definition) is 0. The normalized spacial score (nSPS) is 11.5. The van der Waals surface area contributed by atoms with Crippen LogP contribution in [-0.4, -0.2) is 11.9 Å². The second-order valence-corrected chi connectivity index (χ2v) is 12.9. The fraction of sp³-hybridized carbons (Fsp3) is 0.0526. The molecule has 0 radical (unpaired) electrons. The molecule has 0 N–H and O–H groups in total. The summed E-state index contributed by atoms with van der Waals surface area (Å²) in [5, 5.41) is 0. The molecule has 0 aliphatic carbocycles. The SMILES string of the molecule is Fc1c(F)c(F)c([B-](c2c(F)c(F)c(F)c(F)c2F)(c2c(F)c(F)c(F)c(F)c2F)c2c(F)c(F)c(F)c(F)c2F)c(F)c1F.O=C(C[n+]1ccc(CCl)cc1)c1ccccc1. The maximum Gasteiger partial charge on any atom is 0.227 e. The molecule has 62 heavy (non-hydrogen) atoms. The molecule has 6 rings (SSSR count). The number of ketones is 1. The van der Waals surface area contributed by atoms with Crippen molar-refractivity contribution in [1.82, 2.24) is 0 Å². The predicted octanol–water partition coefficient (Wildman–Crippen LogP) is 8.44. The van der Waals surface area contributed by atoms with Crippen LogP contribution in [0.4, 0.5) is 87.8 Å². The topological polar surface area (TPSA) is 20.9 Å². The van der Waals surface area contributed by atoms with Crippen LogP contribution in [0.5, 0.6) is 0 Å². The lowest BCUT2D eigenvalue weighted by atomic mass is 9.12. The molecule has 0 aliphatic rings. The van der Waals surface area contributed by atoms with E-state index in [9.17, 15) is 57.5 Å². The van der Waals surface area contributed by atoms with E-state index >= 15 is 35.1 Å². The highest BCUT2D eigenvalue weighted by molar-refractivity contribution is 7.20. The molecule has 0 fully saturated rings. The van der Waals surface area contributed by atoms with Gasteiger partial charge in [-0.1, -0.05) is 30.3 Å². The van der Waals surface area contributed by atoms with Gasteiger partial charge in [-0.2, -0.15) is 4.57 Å². The molecule has 0 saturated carbocycles. The predicted molar refractivity (Wildman–Crippen MR) is 176 cm³/mol. The van der Waals surface area contributed by atoms with E-state index in [4.69, 9.17) is 11.6 Å². The van der Waals surface area contributed by atoms with E-state index in [2.05, 4.69) is 0 Å². The number of carbonyl (C=O) groups excluding carboxylic acids is 1. The van der Waals surface area contributed by atoms with Crippen molar-refractivity contribution in [3.05, 3.63) is 182 Å². The van der Waals surface area contributed by atoms with Crippen LogP contribution in [0.1, 0.15) is 15.9 Å². The van der Waals surface area contributed by atoms with Crippen LogP contribution < -0.4 is 26.4 Å². The van der Waals surface area contributed by atoms with Gasteiger partial charge in [-0.25, -0.2) is 87.8 Å². The molecule has 0 spiro atoms. The molecule has 0 aliphatic heterocycles. The Morgan fingerprint density at radius 2 is 0.629 bits per heavy atom. The lowest BCUT2D eigenvalue weighted by Crippen LogP contribution is -2.81. The van der Waals surface area contributed by atoms with Gasteiger partial charge in [0.25, 0.3) is 0 Å². The van der Waals surface area contributed by atoms with Gasteiger partial charge in [-0.15, -0.1) is 33.5 Å². The Morgan fingerprint density at radius 1 is 0.387 bits per heavy atom. The third-order valence-electron chi connectivity index (χ3n) is 9.24. The van der Waals surface area contributed by atoms with Gasteiger partial charge in [0.1, 0.15) is 52.7 Å². The fourth-order valence-corrected chi connectivity index (χ4v) is 6.62. The molecule has 1 aromatic heterocycles. The Bertz CT molecular complexity index is 2390. The van der Waals surface area contributed by atoms with Crippen molar-refractivity contribution < 1.29 is 97.2 Å². The molecule has 5 aromatic carbocycles. The minimum absolute atomic E-state index is 0.106. The maximum atomic E-state index is 15.4. The van der Waals surface area contributed by atoms with Crippen molar-refractivity contribution in [1.29, 1.82) is 0 Å². The zero-order valence-corrected chi connectivity index (χ0v) is 30.2. The van der Waals surface area contributed by atoms with E-state index in [0.717, 1.165) is 11.1 Å². The van der Waals surface area contributed by atoms with Crippen LogP contribution in [0.15, 0.2) is 54.9 Å². The van der Waals surface area contributed by atoms with E-state index in [1.54, 1.807) is 0 Å². The van der Waals surface area contributed by atoms with Gasteiger partial charge < -0.3 is 0 Å². The highest BCUT2D eigenvalue weighted by Gasteiger charge is 2.52. The summed E-state index contributed by atoms with van der Waals surface area (Å²) in [5.41, 5.74) is -12.5. The molecule has 326 valence electrons. The van der Waals surface area contributed by atoms with E-state index in [1.165, 1.54) is 0 Å². The molecule has 2 nitrogen and oxygen atoms in total. The monoisotopic (exact) mass is 925 g/mol. The average molecular weight is 926 g/mol. The third-order valence-corrected chi connectivity index (χ3v) is 9.55. The summed E-state index contributed by atoms with van der Waals surface area (Å²) in [7, 11) is 0. The molecule has 0 saturated heterocycles. The number of alkyl halides is 1. The Balaban J connectivity index is 0.000000355. The van der Waals surface area contributed by atoms with Crippen molar-refractivity contribution in [3.63, 3.8) is 0 Å². The smallest absolute Gasteiger partial charge is 0.227 e. The Morgan fingerprint density at radius 3 is 0.871 bits per heavy atom. The van der Waals surface area contributed by atoms with Crippen molar-refractivity contribution in [2.75, 3.05) is 0 Å². The molecule has 1 heterocycles. The summed E-state index contributed by atoms with van der Waals surface area (Å²) >= 11 is 5.70. The summed E-state index contributed by atoms with van der Waals surface area (Å²) in [6.07, 6.45) is -3.47. The van der Waals surface area contributed by atoms with Gasteiger partial charge in [-0.05, 0) is 5.56 Å². The average Bonchev–Trinajstić information content (AvgIpc) is 3.27. The Labute approximate surface area is 337 Å². The summed E-state index contributed by atoms with van der Waals surface area (Å²) in [5.74, 6) is -70.8.